The second kappa shape index (κ2) is 5.45. The smallest absolute Gasteiger partial charge is 0.147 e. The first kappa shape index (κ1) is 12.3. The molecule has 1 N–H and O–H groups in total. The van der Waals surface area contributed by atoms with Crippen LogP contribution >= 0.6 is 0 Å². The van der Waals surface area contributed by atoms with Gasteiger partial charge in [-0.25, -0.2) is 4.98 Å². The number of nitrogens with zero attached hydrogens (tertiary/aromatic N) is 3. The number of hydrogen-bond donors (Lipinski definition) is 1. The van der Waals surface area contributed by atoms with Crippen molar-refractivity contribution in [3.63, 3.8) is 0 Å². The molecule has 2 rings (SSSR count). The lowest BCUT2D eigenvalue weighted by molar-refractivity contribution is 0.269. The molecule has 1 aromatic rings. The number of nitrogens with one attached hydrogen (secondary N) is 1. The van der Waals surface area contributed by atoms with E-state index in [0.717, 1.165) is 23.8 Å². The summed E-state index contributed by atoms with van der Waals surface area (Å²) in [5.41, 5.74) is 1.94. The quantitative estimate of drug-likeness (QED) is 0.865. The highest BCUT2D eigenvalue weighted by Gasteiger charge is 2.17. The van der Waals surface area contributed by atoms with E-state index in [1.165, 1.54) is 25.9 Å². The van der Waals surface area contributed by atoms with Crippen LogP contribution in [0.5, 0.6) is 0 Å². The van der Waals surface area contributed by atoms with Crippen molar-refractivity contribution in [1.29, 1.82) is 0 Å². The van der Waals surface area contributed by atoms with Crippen molar-refractivity contribution in [2.24, 2.45) is 0 Å². The number of anilines is 1. The molecule has 0 amide bonds. The molecular formula is C13H22N4. The van der Waals surface area contributed by atoms with E-state index in [1.807, 2.05) is 20.0 Å². The van der Waals surface area contributed by atoms with Gasteiger partial charge in [-0.2, -0.15) is 0 Å². The second-order valence-corrected chi connectivity index (χ2v) is 4.92. The van der Waals surface area contributed by atoms with Crippen LogP contribution in [0.3, 0.4) is 0 Å². The first-order chi connectivity index (χ1) is 8.16. The number of aryl methyl sites for hydroxylation is 2. The van der Waals surface area contributed by atoms with Crippen molar-refractivity contribution in [2.75, 3.05) is 25.0 Å². The van der Waals surface area contributed by atoms with E-state index in [2.05, 4.69) is 27.1 Å². The molecule has 1 aromatic heterocycles. The topological polar surface area (TPSA) is 41.1 Å². The average molecular weight is 234 g/mol. The Morgan fingerprint density at radius 3 is 2.76 bits per heavy atom. The SMILES string of the molecule is Cc1cnc(C)c(NCC(C)N2CCCC2)n1. The first-order valence-electron chi connectivity index (χ1n) is 6.45. The number of aromatic nitrogens is 2. The van der Waals surface area contributed by atoms with Crippen LogP contribution in [-0.4, -0.2) is 40.5 Å². The van der Waals surface area contributed by atoms with Crippen LogP contribution in [0, 0.1) is 13.8 Å². The van der Waals surface area contributed by atoms with Gasteiger partial charge in [0, 0.05) is 18.8 Å². The molecule has 94 valence electrons. The number of rotatable bonds is 4. The fourth-order valence-electron chi connectivity index (χ4n) is 2.26. The van der Waals surface area contributed by atoms with Gasteiger partial charge < -0.3 is 5.32 Å². The van der Waals surface area contributed by atoms with Gasteiger partial charge in [-0.1, -0.05) is 0 Å². The molecule has 1 saturated heterocycles. The van der Waals surface area contributed by atoms with Gasteiger partial charge in [-0.3, -0.25) is 9.88 Å². The second-order valence-electron chi connectivity index (χ2n) is 4.92. The third-order valence-corrected chi connectivity index (χ3v) is 3.40. The summed E-state index contributed by atoms with van der Waals surface area (Å²) in [6.07, 6.45) is 4.49. The van der Waals surface area contributed by atoms with Crippen molar-refractivity contribution >= 4 is 5.82 Å². The largest absolute Gasteiger partial charge is 0.367 e. The van der Waals surface area contributed by atoms with Gasteiger partial charge >= 0.3 is 0 Å². The zero-order valence-electron chi connectivity index (χ0n) is 11.0. The molecule has 1 fully saturated rings. The van der Waals surface area contributed by atoms with Crippen LogP contribution in [0.4, 0.5) is 5.82 Å². The van der Waals surface area contributed by atoms with Crippen molar-refractivity contribution in [3.05, 3.63) is 17.6 Å². The van der Waals surface area contributed by atoms with E-state index in [-0.39, 0.29) is 0 Å². The average Bonchev–Trinajstić information content (AvgIpc) is 2.83. The predicted octanol–water partition coefficient (Wildman–Crippen LogP) is 1.99. The molecule has 17 heavy (non-hydrogen) atoms. The maximum Gasteiger partial charge on any atom is 0.147 e. The molecule has 4 heteroatoms. The minimum absolute atomic E-state index is 0.569. The van der Waals surface area contributed by atoms with Gasteiger partial charge in [-0.05, 0) is 46.7 Å². The molecular weight excluding hydrogens is 212 g/mol. The third-order valence-electron chi connectivity index (χ3n) is 3.40. The zero-order chi connectivity index (χ0) is 12.3. The maximum atomic E-state index is 4.48. The summed E-state index contributed by atoms with van der Waals surface area (Å²) in [5, 5.41) is 3.42. The summed E-state index contributed by atoms with van der Waals surface area (Å²) >= 11 is 0. The Hall–Kier alpha value is -1.16. The van der Waals surface area contributed by atoms with E-state index in [4.69, 9.17) is 0 Å². The van der Waals surface area contributed by atoms with Crippen LogP contribution in [0.1, 0.15) is 31.2 Å². The predicted molar refractivity (Wildman–Crippen MR) is 70.3 cm³/mol. The lowest BCUT2D eigenvalue weighted by atomic mass is 10.3. The molecule has 1 atom stereocenters. The number of hydrogen-bond acceptors (Lipinski definition) is 4. The summed E-state index contributed by atoms with van der Waals surface area (Å²) in [4.78, 5) is 11.3. The molecule has 0 aliphatic carbocycles. The molecule has 2 heterocycles. The van der Waals surface area contributed by atoms with Crippen molar-refractivity contribution < 1.29 is 0 Å². The third kappa shape index (κ3) is 3.16. The molecule has 1 aliphatic heterocycles. The number of likely N-dealkylation sites (tertiary alicyclic amines) is 1. The monoisotopic (exact) mass is 234 g/mol. The zero-order valence-corrected chi connectivity index (χ0v) is 11.0. The molecule has 1 aliphatic rings. The summed E-state index contributed by atoms with van der Waals surface area (Å²) in [6, 6.07) is 0.569. The van der Waals surface area contributed by atoms with Crippen LogP contribution in [0.25, 0.3) is 0 Å². The van der Waals surface area contributed by atoms with Crippen molar-refractivity contribution in [3.8, 4) is 0 Å². The van der Waals surface area contributed by atoms with E-state index < -0.39 is 0 Å². The lowest BCUT2D eigenvalue weighted by Gasteiger charge is -2.24. The standard InChI is InChI=1S/C13H22N4/c1-10-8-14-12(3)13(16-10)15-9-11(2)17-6-4-5-7-17/h8,11H,4-7,9H2,1-3H3,(H,15,16). The van der Waals surface area contributed by atoms with Crippen molar-refractivity contribution in [1.82, 2.24) is 14.9 Å². The molecule has 0 radical (unpaired) electrons. The van der Waals surface area contributed by atoms with Gasteiger partial charge in [0.2, 0.25) is 0 Å². The van der Waals surface area contributed by atoms with Gasteiger partial charge in [0.05, 0.1) is 11.4 Å². The van der Waals surface area contributed by atoms with Crippen LogP contribution in [0.15, 0.2) is 6.20 Å². The fourth-order valence-corrected chi connectivity index (χ4v) is 2.26. The van der Waals surface area contributed by atoms with Crippen molar-refractivity contribution in [2.45, 2.75) is 39.7 Å². The highest BCUT2D eigenvalue weighted by molar-refractivity contribution is 5.39. The lowest BCUT2D eigenvalue weighted by Crippen LogP contribution is -2.35. The molecule has 0 spiro atoms. The highest BCUT2D eigenvalue weighted by atomic mass is 15.2. The maximum absolute atomic E-state index is 4.48. The molecule has 0 saturated carbocycles. The summed E-state index contributed by atoms with van der Waals surface area (Å²) in [7, 11) is 0. The normalized spacial score (nSPS) is 18.3. The van der Waals surface area contributed by atoms with E-state index in [0.29, 0.717) is 6.04 Å². The Bertz CT molecular complexity index is 372. The summed E-state index contributed by atoms with van der Waals surface area (Å²) in [6.45, 7) is 9.66. The Morgan fingerprint density at radius 2 is 2.06 bits per heavy atom. The molecule has 1 unspecified atom stereocenters. The molecule has 0 bridgehead atoms. The van der Waals surface area contributed by atoms with Crippen LogP contribution < -0.4 is 5.32 Å². The fraction of sp³-hybridized carbons (Fsp3) is 0.692. The van der Waals surface area contributed by atoms with E-state index in [1.54, 1.807) is 0 Å². The Balaban J connectivity index is 1.90. The Morgan fingerprint density at radius 1 is 1.35 bits per heavy atom. The van der Waals surface area contributed by atoms with Gasteiger partial charge in [-0.15, -0.1) is 0 Å². The van der Waals surface area contributed by atoms with Gasteiger partial charge in [0.1, 0.15) is 5.82 Å². The van der Waals surface area contributed by atoms with Crippen LogP contribution in [0.2, 0.25) is 0 Å². The Kier molecular flexibility index (Phi) is 3.94. The summed E-state index contributed by atoms with van der Waals surface area (Å²) in [5.74, 6) is 0.927. The molecule has 0 aromatic carbocycles. The minimum Gasteiger partial charge on any atom is -0.367 e. The molecule has 4 nitrogen and oxygen atoms in total. The van der Waals surface area contributed by atoms with Gasteiger partial charge in [0.25, 0.3) is 0 Å². The van der Waals surface area contributed by atoms with Crippen LogP contribution in [-0.2, 0) is 0 Å². The highest BCUT2D eigenvalue weighted by Crippen LogP contribution is 2.13. The van der Waals surface area contributed by atoms with E-state index in [9.17, 15) is 0 Å². The van der Waals surface area contributed by atoms with E-state index >= 15 is 0 Å². The van der Waals surface area contributed by atoms with Gasteiger partial charge in [0.15, 0.2) is 0 Å². The minimum atomic E-state index is 0.569. The first-order valence-corrected chi connectivity index (χ1v) is 6.45. The Labute approximate surface area is 103 Å². The summed E-state index contributed by atoms with van der Waals surface area (Å²) < 4.78 is 0.